The summed E-state index contributed by atoms with van der Waals surface area (Å²) < 4.78 is 21.1. The van der Waals surface area contributed by atoms with Crippen molar-refractivity contribution in [3.05, 3.63) is 59.9 Å². The first-order chi connectivity index (χ1) is 14.1. The second kappa shape index (κ2) is 8.84. The highest BCUT2D eigenvalue weighted by atomic mass is 19.1. The molecule has 6 heteroatoms. The Bertz CT molecular complexity index is 941. The lowest BCUT2D eigenvalue weighted by Crippen LogP contribution is -2.37. The SMILES string of the molecule is Cc1cc(-c2c(-c3ccc(F)cc3)ncn2CCCN2CCOCC2)cc(C)n1. The summed E-state index contributed by atoms with van der Waals surface area (Å²) in [5, 5.41) is 0. The fraction of sp³-hybridized carbons (Fsp3) is 0.391. The largest absolute Gasteiger partial charge is 0.379 e. The van der Waals surface area contributed by atoms with Crippen molar-refractivity contribution in [2.75, 3.05) is 32.8 Å². The third kappa shape index (κ3) is 4.71. The molecule has 152 valence electrons. The number of pyridine rings is 1. The van der Waals surface area contributed by atoms with Gasteiger partial charge in [0.15, 0.2) is 0 Å². The molecule has 1 saturated heterocycles. The van der Waals surface area contributed by atoms with Crippen molar-refractivity contribution in [3.63, 3.8) is 0 Å². The Kier molecular flexibility index (Phi) is 6.02. The molecule has 0 bridgehead atoms. The molecule has 0 N–H and O–H groups in total. The second-order valence-electron chi connectivity index (χ2n) is 7.59. The summed E-state index contributed by atoms with van der Waals surface area (Å²) in [6.07, 6.45) is 2.94. The van der Waals surface area contributed by atoms with Crippen LogP contribution in [0.3, 0.4) is 0 Å². The summed E-state index contributed by atoms with van der Waals surface area (Å²) in [5.74, 6) is -0.240. The number of benzene rings is 1. The Morgan fingerprint density at radius 2 is 1.66 bits per heavy atom. The number of hydrogen-bond acceptors (Lipinski definition) is 4. The van der Waals surface area contributed by atoms with Crippen LogP contribution in [0.1, 0.15) is 17.8 Å². The number of ether oxygens (including phenoxy) is 1. The van der Waals surface area contributed by atoms with Crippen LogP contribution in [0.15, 0.2) is 42.7 Å². The van der Waals surface area contributed by atoms with Gasteiger partial charge in [0, 0.05) is 48.7 Å². The number of aryl methyl sites for hydroxylation is 3. The Balaban J connectivity index is 1.64. The molecule has 0 atom stereocenters. The minimum atomic E-state index is -0.240. The lowest BCUT2D eigenvalue weighted by Gasteiger charge is -2.26. The van der Waals surface area contributed by atoms with E-state index in [4.69, 9.17) is 9.72 Å². The molecule has 0 radical (unpaired) electrons. The van der Waals surface area contributed by atoms with Gasteiger partial charge in [0.2, 0.25) is 0 Å². The number of aromatic nitrogens is 3. The molecule has 0 spiro atoms. The molecule has 3 aromatic rings. The Labute approximate surface area is 171 Å². The third-order valence-corrected chi connectivity index (χ3v) is 5.29. The first-order valence-corrected chi connectivity index (χ1v) is 10.2. The predicted molar refractivity (Wildman–Crippen MR) is 112 cm³/mol. The lowest BCUT2D eigenvalue weighted by atomic mass is 10.0. The van der Waals surface area contributed by atoms with Crippen LogP contribution in [-0.4, -0.2) is 52.3 Å². The molecule has 1 fully saturated rings. The molecule has 4 rings (SSSR count). The Morgan fingerprint density at radius 3 is 2.34 bits per heavy atom. The molecule has 2 aromatic heterocycles. The standard InChI is InChI=1S/C23H27FN4O/c1-17-14-20(15-18(2)26-17)23-22(19-4-6-21(24)7-5-19)25-16-28(23)9-3-8-27-10-12-29-13-11-27/h4-7,14-16H,3,8-13H2,1-2H3. The van der Waals surface area contributed by atoms with Crippen molar-refractivity contribution in [1.82, 2.24) is 19.4 Å². The fourth-order valence-electron chi connectivity index (χ4n) is 3.93. The summed E-state index contributed by atoms with van der Waals surface area (Å²) in [6, 6.07) is 10.7. The van der Waals surface area contributed by atoms with E-state index in [9.17, 15) is 4.39 Å². The van der Waals surface area contributed by atoms with Gasteiger partial charge in [-0.05, 0) is 56.7 Å². The van der Waals surface area contributed by atoms with E-state index in [1.165, 1.54) is 12.1 Å². The molecular weight excluding hydrogens is 367 g/mol. The number of morpholine rings is 1. The van der Waals surface area contributed by atoms with Crippen molar-refractivity contribution in [2.45, 2.75) is 26.8 Å². The second-order valence-corrected chi connectivity index (χ2v) is 7.59. The number of halogens is 1. The topological polar surface area (TPSA) is 43.2 Å². The van der Waals surface area contributed by atoms with Crippen LogP contribution in [0.4, 0.5) is 4.39 Å². The molecular formula is C23H27FN4O. The first kappa shape index (κ1) is 19.7. The molecule has 1 aliphatic heterocycles. The summed E-state index contributed by atoms with van der Waals surface area (Å²) in [6.45, 7) is 9.57. The van der Waals surface area contributed by atoms with Gasteiger partial charge in [-0.25, -0.2) is 9.37 Å². The van der Waals surface area contributed by atoms with Gasteiger partial charge < -0.3 is 9.30 Å². The van der Waals surface area contributed by atoms with Crippen molar-refractivity contribution < 1.29 is 9.13 Å². The summed E-state index contributed by atoms with van der Waals surface area (Å²) in [7, 11) is 0. The average Bonchev–Trinajstić information content (AvgIpc) is 3.12. The molecule has 0 aliphatic carbocycles. The van der Waals surface area contributed by atoms with Crippen LogP contribution >= 0.6 is 0 Å². The van der Waals surface area contributed by atoms with Crippen LogP contribution in [0, 0.1) is 19.7 Å². The van der Waals surface area contributed by atoms with E-state index in [1.807, 2.05) is 20.2 Å². The normalized spacial score (nSPS) is 15.0. The molecule has 3 heterocycles. The highest BCUT2D eigenvalue weighted by molar-refractivity contribution is 5.78. The number of hydrogen-bond donors (Lipinski definition) is 0. The molecule has 1 aliphatic rings. The van der Waals surface area contributed by atoms with E-state index in [2.05, 4.69) is 26.6 Å². The van der Waals surface area contributed by atoms with Crippen LogP contribution in [0.25, 0.3) is 22.5 Å². The minimum Gasteiger partial charge on any atom is -0.379 e. The van der Waals surface area contributed by atoms with Gasteiger partial charge in [-0.15, -0.1) is 0 Å². The highest BCUT2D eigenvalue weighted by Crippen LogP contribution is 2.32. The van der Waals surface area contributed by atoms with Gasteiger partial charge in [0.1, 0.15) is 5.82 Å². The maximum Gasteiger partial charge on any atom is 0.123 e. The zero-order chi connectivity index (χ0) is 20.2. The summed E-state index contributed by atoms with van der Waals surface area (Å²) >= 11 is 0. The monoisotopic (exact) mass is 394 g/mol. The summed E-state index contributed by atoms with van der Waals surface area (Å²) in [5.41, 5.74) is 5.91. The summed E-state index contributed by atoms with van der Waals surface area (Å²) in [4.78, 5) is 11.7. The van der Waals surface area contributed by atoms with E-state index in [-0.39, 0.29) is 5.82 Å². The average molecular weight is 394 g/mol. The van der Waals surface area contributed by atoms with E-state index in [0.29, 0.717) is 0 Å². The van der Waals surface area contributed by atoms with E-state index in [0.717, 1.165) is 79.7 Å². The van der Waals surface area contributed by atoms with Crippen LogP contribution in [0.5, 0.6) is 0 Å². The van der Waals surface area contributed by atoms with Crippen molar-refractivity contribution in [3.8, 4) is 22.5 Å². The van der Waals surface area contributed by atoms with Crippen molar-refractivity contribution in [1.29, 1.82) is 0 Å². The van der Waals surface area contributed by atoms with Gasteiger partial charge >= 0.3 is 0 Å². The molecule has 0 saturated carbocycles. The van der Waals surface area contributed by atoms with Gasteiger partial charge in [-0.2, -0.15) is 0 Å². The van der Waals surface area contributed by atoms with Crippen molar-refractivity contribution >= 4 is 0 Å². The minimum absolute atomic E-state index is 0.240. The first-order valence-electron chi connectivity index (χ1n) is 10.2. The highest BCUT2D eigenvalue weighted by Gasteiger charge is 2.17. The maximum atomic E-state index is 13.4. The molecule has 29 heavy (non-hydrogen) atoms. The van der Waals surface area contributed by atoms with E-state index >= 15 is 0 Å². The molecule has 0 unspecified atom stereocenters. The van der Waals surface area contributed by atoms with Gasteiger partial charge in [-0.3, -0.25) is 9.88 Å². The third-order valence-electron chi connectivity index (χ3n) is 5.29. The van der Waals surface area contributed by atoms with Gasteiger partial charge in [0.25, 0.3) is 0 Å². The predicted octanol–water partition coefficient (Wildman–Crippen LogP) is 4.09. The number of imidazole rings is 1. The smallest absolute Gasteiger partial charge is 0.123 e. The molecule has 0 amide bonds. The van der Waals surface area contributed by atoms with Crippen LogP contribution in [0.2, 0.25) is 0 Å². The molecule has 5 nitrogen and oxygen atoms in total. The van der Waals surface area contributed by atoms with Crippen LogP contribution in [-0.2, 0) is 11.3 Å². The van der Waals surface area contributed by atoms with Crippen molar-refractivity contribution in [2.24, 2.45) is 0 Å². The fourth-order valence-corrected chi connectivity index (χ4v) is 3.93. The lowest BCUT2D eigenvalue weighted by molar-refractivity contribution is 0.0369. The number of rotatable bonds is 6. The Hall–Kier alpha value is -2.57. The van der Waals surface area contributed by atoms with Gasteiger partial charge in [-0.1, -0.05) is 0 Å². The maximum absolute atomic E-state index is 13.4. The van der Waals surface area contributed by atoms with Crippen LogP contribution < -0.4 is 0 Å². The number of nitrogens with zero attached hydrogens (tertiary/aromatic N) is 4. The zero-order valence-electron chi connectivity index (χ0n) is 17.1. The molecule has 1 aromatic carbocycles. The van der Waals surface area contributed by atoms with Gasteiger partial charge in [0.05, 0.1) is 30.9 Å². The van der Waals surface area contributed by atoms with E-state index < -0.39 is 0 Å². The quantitative estimate of drug-likeness (QED) is 0.632. The van der Waals surface area contributed by atoms with E-state index in [1.54, 1.807) is 12.1 Å². The Morgan fingerprint density at radius 1 is 0.966 bits per heavy atom. The zero-order valence-corrected chi connectivity index (χ0v) is 17.1.